The van der Waals surface area contributed by atoms with Crippen LogP contribution >= 0.6 is 0 Å². The van der Waals surface area contributed by atoms with Gasteiger partial charge >= 0.3 is 0 Å². The van der Waals surface area contributed by atoms with Gasteiger partial charge in [-0.05, 0) is 70.0 Å². The Morgan fingerprint density at radius 1 is 1.15 bits per heavy atom. The maximum Gasteiger partial charge on any atom is 0.0797 e. The zero-order chi connectivity index (χ0) is 14.4. The zero-order valence-electron chi connectivity index (χ0n) is 13.3. The molecular formula is C17H34N2O. The van der Waals surface area contributed by atoms with Gasteiger partial charge in [0.2, 0.25) is 0 Å². The van der Waals surface area contributed by atoms with Gasteiger partial charge in [-0.25, -0.2) is 0 Å². The molecular weight excluding hydrogens is 248 g/mol. The second-order valence-electron chi connectivity index (χ2n) is 7.11. The number of nitrogens with two attached hydrogens (primary N) is 1. The van der Waals surface area contributed by atoms with Gasteiger partial charge < -0.3 is 15.7 Å². The Labute approximate surface area is 124 Å². The van der Waals surface area contributed by atoms with Crippen molar-refractivity contribution in [2.24, 2.45) is 17.6 Å². The lowest BCUT2D eigenvalue weighted by molar-refractivity contribution is 0.00463. The summed E-state index contributed by atoms with van der Waals surface area (Å²) in [5.41, 5.74) is 5.22. The topological polar surface area (TPSA) is 49.5 Å². The summed E-state index contributed by atoms with van der Waals surface area (Å²) in [7, 11) is 0. The summed E-state index contributed by atoms with van der Waals surface area (Å²) < 4.78 is 0. The van der Waals surface area contributed by atoms with E-state index in [9.17, 15) is 5.11 Å². The molecule has 20 heavy (non-hydrogen) atoms. The van der Waals surface area contributed by atoms with Crippen molar-refractivity contribution in [1.29, 1.82) is 0 Å². The van der Waals surface area contributed by atoms with Crippen molar-refractivity contribution in [2.75, 3.05) is 26.2 Å². The van der Waals surface area contributed by atoms with E-state index in [0.717, 1.165) is 31.7 Å². The smallest absolute Gasteiger partial charge is 0.0797 e. The monoisotopic (exact) mass is 282 g/mol. The first-order chi connectivity index (χ1) is 9.68. The first kappa shape index (κ1) is 16.3. The van der Waals surface area contributed by atoms with Crippen LogP contribution in [0.5, 0.6) is 0 Å². The van der Waals surface area contributed by atoms with Crippen LogP contribution in [0.1, 0.15) is 64.7 Å². The molecule has 0 aromatic carbocycles. The summed E-state index contributed by atoms with van der Waals surface area (Å²) in [6.07, 6.45) is 11.2. The summed E-state index contributed by atoms with van der Waals surface area (Å²) in [4.78, 5) is 2.63. The lowest BCUT2D eigenvalue weighted by atomic mass is 9.88. The Kier molecular flexibility index (Phi) is 6.31. The van der Waals surface area contributed by atoms with E-state index in [4.69, 9.17) is 5.73 Å². The molecule has 1 aliphatic heterocycles. The molecule has 2 fully saturated rings. The van der Waals surface area contributed by atoms with Crippen LogP contribution in [0.3, 0.4) is 0 Å². The molecule has 0 spiro atoms. The molecule has 0 bridgehead atoms. The van der Waals surface area contributed by atoms with Crippen molar-refractivity contribution in [3.8, 4) is 0 Å². The molecule has 118 valence electrons. The molecule has 2 aliphatic rings. The average molecular weight is 282 g/mol. The van der Waals surface area contributed by atoms with E-state index in [-0.39, 0.29) is 0 Å². The molecule has 0 amide bonds. The van der Waals surface area contributed by atoms with E-state index in [2.05, 4.69) is 11.8 Å². The summed E-state index contributed by atoms with van der Waals surface area (Å²) in [5.74, 6) is 1.39. The van der Waals surface area contributed by atoms with Crippen LogP contribution in [-0.2, 0) is 0 Å². The second kappa shape index (κ2) is 7.77. The van der Waals surface area contributed by atoms with Crippen LogP contribution in [0.15, 0.2) is 0 Å². The Morgan fingerprint density at radius 2 is 2.00 bits per heavy atom. The van der Waals surface area contributed by atoms with Crippen LogP contribution in [0.4, 0.5) is 0 Å². The lowest BCUT2D eigenvalue weighted by Crippen LogP contribution is -2.42. The van der Waals surface area contributed by atoms with Crippen LogP contribution < -0.4 is 5.73 Å². The fourth-order valence-electron chi connectivity index (χ4n) is 4.29. The van der Waals surface area contributed by atoms with Crippen molar-refractivity contribution >= 4 is 0 Å². The summed E-state index contributed by atoms with van der Waals surface area (Å²) in [5, 5.41) is 10.5. The van der Waals surface area contributed by atoms with Crippen LogP contribution in [0.25, 0.3) is 0 Å². The maximum atomic E-state index is 10.5. The highest BCUT2D eigenvalue weighted by atomic mass is 16.3. The largest absolute Gasteiger partial charge is 0.388 e. The van der Waals surface area contributed by atoms with E-state index in [1.54, 1.807) is 0 Å². The molecule has 3 N–H and O–H groups in total. The van der Waals surface area contributed by atoms with Crippen molar-refractivity contribution in [3.05, 3.63) is 0 Å². The Balaban J connectivity index is 1.74. The Hall–Kier alpha value is -0.120. The van der Waals surface area contributed by atoms with Gasteiger partial charge in [0.15, 0.2) is 0 Å². The predicted molar refractivity (Wildman–Crippen MR) is 84.7 cm³/mol. The molecule has 3 unspecified atom stereocenters. The number of nitrogens with zero attached hydrogens (tertiary/aromatic N) is 1. The Morgan fingerprint density at radius 3 is 2.75 bits per heavy atom. The Bertz CT molecular complexity index is 284. The molecule has 3 nitrogen and oxygen atoms in total. The van der Waals surface area contributed by atoms with Gasteiger partial charge in [0.1, 0.15) is 0 Å². The third-order valence-corrected chi connectivity index (χ3v) is 5.71. The van der Waals surface area contributed by atoms with Crippen molar-refractivity contribution < 1.29 is 5.11 Å². The van der Waals surface area contributed by atoms with Crippen LogP contribution in [-0.4, -0.2) is 41.8 Å². The number of likely N-dealkylation sites (tertiary alicyclic amines) is 1. The van der Waals surface area contributed by atoms with Gasteiger partial charge in [0.05, 0.1) is 5.60 Å². The fraction of sp³-hybridized carbons (Fsp3) is 1.00. The molecule has 0 aromatic heterocycles. The molecule has 1 aliphatic carbocycles. The first-order valence-corrected chi connectivity index (χ1v) is 8.82. The summed E-state index contributed by atoms with van der Waals surface area (Å²) in [6.45, 7) is 6.42. The van der Waals surface area contributed by atoms with Gasteiger partial charge in [-0.2, -0.15) is 0 Å². The lowest BCUT2D eigenvalue weighted by Gasteiger charge is -2.30. The average Bonchev–Trinajstić information content (AvgIpc) is 2.68. The second-order valence-corrected chi connectivity index (χ2v) is 7.11. The quantitative estimate of drug-likeness (QED) is 0.787. The van der Waals surface area contributed by atoms with Gasteiger partial charge in [0.25, 0.3) is 0 Å². The number of rotatable bonds is 6. The molecule has 1 saturated carbocycles. The van der Waals surface area contributed by atoms with E-state index >= 15 is 0 Å². The van der Waals surface area contributed by atoms with Crippen molar-refractivity contribution in [2.45, 2.75) is 70.3 Å². The van der Waals surface area contributed by atoms with Crippen molar-refractivity contribution in [1.82, 2.24) is 4.90 Å². The highest BCUT2D eigenvalue weighted by Gasteiger charge is 2.39. The minimum Gasteiger partial charge on any atom is -0.388 e. The molecule has 3 heteroatoms. The SMILES string of the molecule is CCCC1CCCN(CCC2CCCC2(O)CN)CC1. The minimum atomic E-state index is -0.559. The normalized spacial score (nSPS) is 36.1. The highest BCUT2D eigenvalue weighted by Crippen LogP contribution is 2.37. The number of aliphatic hydroxyl groups is 1. The summed E-state index contributed by atoms with van der Waals surface area (Å²) in [6, 6.07) is 0. The van der Waals surface area contributed by atoms with Gasteiger partial charge in [0, 0.05) is 6.54 Å². The highest BCUT2D eigenvalue weighted by molar-refractivity contribution is 4.93. The zero-order valence-corrected chi connectivity index (χ0v) is 13.3. The maximum absolute atomic E-state index is 10.5. The first-order valence-electron chi connectivity index (χ1n) is 8.82. The number of hydrogen-bond donors (Lipinski definition) is 2. The van der Waals surface area contributed by atoms with E-state index < -0.39 is 5.60 Å². The third-order valence-electron chi connectivity index (χ3n) is 5.71. The molecule has 0 radical (unpaired) electrons. The van der Waals surface area contributed by atoms with E-state index in [1.165, 1.54) is 51.6 Å². The molecule has 2 rings (SSSR count). The van der Waals surface area contributed by atoms with Gasteiger partial charge in [-0.3, -0.25) is 0 Å². The minimum absolute atomic E-state index is 0.433. The van der Waals surface area contributed by atoms with Gasteiger partial charge in [-0.1, -0.05) is 26.2 Å². The molecule has 1 saturated heterocycles. The molecule has 1 heterocycles. The molecule has 0 aromatic rings. The third kappa shape index (κ3) is 4.19. The van der Waals surface area contributed by atoms with Crippen molar-refractivity contribution in [3.63, 3.8) is 0 Å². The standard InChI is InChI=1S/C17H34N2O/c1-2-5-15-6-4-11-19(12-8-15)13-9-16-7-3-10-17(16,20)14-18/h15-16,20H,2-14,18H2,1H3. The predicted octanol–water partition coefficient (Wildman–Crippen LogP) is 2.77. The van der Waals surface area contributed by atoms with E-state index in [1.807, 2.05) is 0 Å². The number of hydrogen-bond acceptors (Lipinski definition) is 3. The van der Waals surface area contributed by atoms with Gasteiger partial charge in [-0.15, -0.1) is 0 Å². The summed E-state index contributed by atoms with van der Waals surface area (Å²) >= 11 is 0. The van der Waals surface area contributed by atoms with Crippen LogP contribution in [0.2, 0.25) is 0 Å². The fourth-order valence-corrected chi connectivity index (χ4v) is 4.29. The molecule has 3 atom stereocenters. The van der Waals surface area contributed by atoms with Crippen LogP contribution in [0, 0.1) is 11.8 Å². The van der Waals surface area contributed by atoms with E-state index in [0.29, 0.717) is 12.5 Å².